The molecule has 5 aliphatic carbocycles. The maximum absolute atomic E-state index is 11.7. The van der Waals surface area contributed by atoms with Crippen LogP contribution in [-0.2, 0) is 24.1 Å². The molecule has 1 amide bonds. The second-order valence-corrected chi connectivity index (χ2v) is 9.08. The normalized spacial score (nSPS) is 50.7. The van der Waals surface area contributed by atoms with Crippen molar-refractivity contribution in [3.05, 3.63) is 0 Å². The van der Waals surface area contributed by atoms with Crippen LogP contribution in [0.3, 0.4) is 0 Å². The number of ether oxygens (including phenoxy) is 1. The summed E-state index contributed by atoms with van der Waals surface area (Å²) >= 11 is 0. The first-order valence-corrected chi connectivity index (χ1v) is 9.99. The van der Waals surface area contributed by atoms with E-state index < -0.39 is 11.6 Å². The second kappa shape index (κ2) is 5.91. The summed E-state index contributed by atoms with van der Waals surface area (Å²) in [6, 6.07) is 0. The molecule has 2 spiro atoms. The quantitative estimate of drug-likeness (QED) is 0.625. The average molecular weight is 351 g/mol. The van der Waals surface area contributed by atoms with Crippen LogP contribution in [0, 0.1) is 29.6 Å². The summed E-state index contributed by atoms with van der Waals surface area (Å²) in [7, 11) is 1.47. The molecule has 0 unspecified atom stereocenters. The van der Waals surface area contributed by atoms with E-state index in [-0.39, 0.29) is 5.91 Å². The van der Waals surface area contributed by atoms with Crippen LogP contribution in [0.1, 0.15) is 64.2 Å². The maximum atomic E-state index is 11.7. The molecule has 140 valence electrons. The standard InChI is InChI=1S/C19H29NO5/c1-22-20-17(21)11-12-2-4-18(5-3-12)23-19(25-24-18)15-7-13-6-14(9-15)10-16(19)8-13/h12-16H,2-11H2,1H3,(H,20,21). The Hall–Kier alpha value is -0.690. The van der Waals surface area contributed by atoms with Gasteiger partial charge >= 0.3 is 0 Å². The van der Waals surface area contributed by atoms with Crippen LogP contribution >= 0.6 is 0 Å². The molecule has 0 atom stereocenters. The maximum Gasteiger partial charge on any atom is 0.243 e. The molecule has 0 aromatic carbocycles. The van der Waals surface area contributed by atoms with E-state index in [1.807, 2.05) is 0 Å². The molecule has 6 rings (SSSR count). The number of rotatable bonds is 3. The lowest BCUT2D eigenvalue weighted by Crippen LogP contribution is -2.59. The highest BCUT2D eigenvalue weighted by Gasteiger charge is 2.66. The van der Waals surface area contributed by atoms with Crippen molar-refractivity contribution in [1.82, 2.24) is 5.48 Å². The minimum Gasteiger partial charge on any atom is -0.312 e. The van der Waals surface area contributed by atoms with Gasteiger partial charge in [-0.05, 0) is 62.7 Å². The predicted octanol–water partition coefficient (Wildman–Crippen LogP) is 3.07. The number of carbonyl (C=O) groups is 1. The molecule has 1 N–H and O–H groups in total. The summed E-state index contributed by atoms with van der Waals surface area (Å²) in [5.74, 6) is 2.03. The molecular weight excluding hydrogens is 322 g/mol. The Bertz CT molecular complexity index is 514. The van der Waals surface area contributed by atoms with E-state index in [9.17, 15) is 4.79 Å². The fourth-order valence-corrected chi connectivity index (χ4v) is 6.53. The number of hydroxylamine groups is 1. The fourth-order valence-electron chi connectivity index (χ4n) is 6.53. The van der Waals surface area contributed by atoms with Crippen molar-refractivity contribution in [2.75, 3.05) is 7.11 Å². The molecule has 0 aromatic rings. The van der Waals surface area contributed by atoms with Crippen LogP contribution in [-0.4, -0.2) is 24.6 Å². The summed E-state index contributed by atoms with van der Waals surface area (Å²) < 4.78 is 6.69. The van der Waals surface area contributed by atoms with Gasteiger partial charge in [-0.15, -0.1) is 0 Å². The summed E-state index contributed by atoms with van der Waals surface area (Å²) in [5.41, 5.74) is 2.41. The Labute approximate surface area is 148 Å². The zero-order valence-corrected chi connectivity index (χ0v) is 15.0. The molecule has 25 heavy (non-hydrogen) atoms. The van der Waals surface area contributed by atoms with Gasteiger partial charge in [-0.2, -0.15) is 9.78 Å². The van der Waals surface area contributed by atoms with Gasteiger partial charge in [-0.1, -0.05) is 0 Å². The van der Waals surface area contributed by atoms with Crippen LogP contribution in [0.2, 0.25) is 0 Å². The van der Waals surface area contributed by atoms with E-state index in [4.69, 9.17) is 19.3 Å². The van der Waals surface area contributed by atoms with E-state index in [0.717, 1.165) is 37.5 Å². The van der Waals surface area contributed by atoms with E-state index in [0.29, 0.717) is 24.2 Å². The van der Waals surface area contributed by atoms with Gasteiger partial charge in [0.15, 0.2) is 0 Å². The van der Waals surface area contributed by atoms with Crippen LogP contribution in [0.4, 0.5) is 0 Å². The van der Waals surface area contributed by atoms with Crippen molar-refractivity contribution in [3.63, 3.8) is 0 Å². The lowest BCUT2D eigenvalue weighted by Gasteiger charge is -2.57. The number of hydrogen-bond donors (Lipinski definition) is 1. The molecule has 5 saturated carbocycles. The van der Waals surface area contributed by atoms with Gasteiger partial charge < -0.3 is 4.74 Å². The predicted molar refractivity (Wildman–Crippen MR) is 87.5 cm³/mol. The van der Waals surface area contributed by atoms with Gasteiger partial charge in [0.2, 0.25) is 17.5 Å². The Morgan fingerprint density at radius 1 is 1.04 bits per heavy atom. The van der Waals surface area contributed by atoms with Gasteiger partial charge in [-0.3, -0.25) is 9.63 Å². The lowest BCUT2D eigenvalue weighted by molar-refractivity contribution is -0.390. The second-order valence-electron chi connectivity index (χ2n) is 9.08. The van der Waals surface area contributed by atoms with Crippen LogP contribution in [0.15, 0.2) is 0 Å². The Balaban J connectivity index is 1.24. The van der Waals surface area contributed by atoms with Crippen molar-refractivity contribution in [1.29, 1.82) is 0 Å². The molecule has 1 heterocycles. The Morgan fingerprint density at radius 2 is 1.68 bits per heavy atom. The topological polar surface area (TPSA) is 66.0 Å². The highest BCUT2D eigenvalue weighted by molar-refractivity contribution is 5.75. The summed E-state index contributed by atoms with van der Waals surface area (Å²) in [4.78, 5) is 28.4. The first-order valence-electron chi connectivity index (χ1n) is 9.99. The van der Waals surface area contributed by atoms with E-state index in [2.05, 4.69) is 5.48 Å². The molecule has 4 bridgehead atoms. The summed E-state index contributed by atoms with van der Waals surface area (Å²) in [6.07, 6.45) is 10.4. The lowest BCUT2D eigenvalue weighted by atomic mass is 9.53. The number of carbonyl (C=O) groups excluding carboxylic acids is 1. The van der Waals surface area contributed by atoms with Crippen molar-refractivity contribution in [2.45, 2.75) is 75.8 Å². The highest BCUT2D eigenvalue weighted by Crippen LogP contribution is 2.63. The van der Waals surface area contributed by atoms with E-state index in [1.165, 1.54) is 39.2 Å². The molecule has 6 fully saturated rings. The van der Waals surface area contributed by atoms with Gasteiger partial charge in [0.1, 0.15) is 0 Å². The average Bonchev–Trinajstić information content (AvgIpc) is 2.95. The minimum absolute atomic E-state index is 0.0505. The summed E-state index contributed by atoms with van der Waals surface area (Å²) in [6.45, 7) is 0. The third-order valence-corrected chi connectivity index (χ3v) is 7.50. The zero-order chi connectivity index (χ0) is 17.1. The summed E-state index contributed by atoms with van der Waals surface area (Å²) in [5, 5.41) is 0. The van der Waals surface area contributed by atoms with Crippen LogP contribution < -0.4 is 5.48 Å². The SMILES string of the molecule is CONC(=O)CC1CCC2(CC1)OOC1(O2)C2CC3CC(C2)CC1C3. The molecule has 6 nitrogen and oxygen atoms in total. The largest absolute Gasteiger partial charge is 0.312 e. The number of amides is 1. The first-order chi connectivity index (χ1) is 12.1. The number of nitrogens with one attached hydrogen (secondary N) is 1. The van der Waals surface area contributed by atoms with Crippen molar-refractivity contribution < 1.29 is 24.1 Å². The third kappa shape index (κ3) is 2.64. The van der Waals surface area contributed by atoms with Crippen molar-refractivity contribution in [3.8, 4) is 0 Å². The first kappa shape index (κ1) is 16.5. The van der Waals surface area contributed by atoms with Gasteiger partial charge in [-0.25, -0.2) is 5.48 Å². The molecule has 1 saturated heterocycles. The van der Waals surface area contributed by atoms with Gasteiger partial charge in [0.25, 0.3) is 0 Å². The van der Waals surface area contributed by atoms with Gasteiger partial charge in [0.05, 0.1) is 7.11 Å². The van der Waals surface area contributed by atoms with E-state index in [1.54, 1.807) is 0 Å². The van der Waals surface area contributed by atoms with Crippen molar-refractivity contribution in [2.24, 2.45) is 29.6 Å². The van der Waals surface area contributed by atoms with E-state index >= 15 is 0 Å². The highest BCUT2D eigenvalue weighted by atomic mass is 17.3. The molecule has 1 aliphatic heterocycles. The zero-order valence-electron chi connectivity index (χ0n) is 15.0. The smallest absolute Gasteiger partial charge is 0.243 e. The number of hydrogen-bond acceptors (Lipinski definition) is 5. The molecule has 0 aromatic heterocycles. The van der Waals surface area contributed by atoms with Crippen LogP contribution in [0.5, 0.6) is 0 Å². The molecule has 0 radical (unpaired) electrons. The fraction of sp³-hybridized carbons (Fsp3) is 0.947. The Kier molecular flexibility index (Phi) is 3.90. The molecule has 6 heteroatoms. The van der Waals surface area contributed by atoms with Gasteiger partial charge in [0, 0.05) is 31.1 Å². The molecule has 6 aliphatic rings. The third-order valence-electron chi connectivity index (χ3n) is 7.50. The van der Waals surface area contributed by atoms with Crippen LogP contribution in [0.25, 0.3) is 0 Å². The monoisotopic (exact) mass is 351 g/mol. The Morgan fingerprint density at radius 3 is 2.28 bits per heavy atom. The minimum atomic E-state index is -0.580. The van der Waals surface area contributed by atoms with Crippen molar-refractivity contribution >= 4 is 5.91 Å². The molecular formula is C19H29NO5.